The van der Waals surface area contributed by atoms with Crippen molar-refractivity contribution in [3.63, 3.8) is 0 Å². The number of aromatic hydroxyl groups is 1. The molecule has 0 saturated carbocycles. The van der Waals surface area contributed by atoms with Crippen molar-refractivity contribution in [2.24, 2.45) is 0 Å². The zero-order valence-corrected chi connectivity index (χ0v) is 13.5. The highest BCUT2D eigenvalue weighted by Crippen LogP contribution is 2.34. The van der Waals surface area contributed by atoms with Crippen LogP contribution in [0.5, 0.6) is 5.75 Å². The molecule has 0 fully saturated rings. The lowest BCUT2D eigenvalue weighted by Crippen LogP contribution is -2.17. The third-order valence-electron chi connectivity index (χ3n) is 4.40. The molecule has 22 heavy (non-hydrogen) atoms. The molecule has 0 unspecified atom stereocenters. The molecule has 0 aromatic heterocycles. The first-order valence-corrected chi connectivity index (χ1v) is 7.86. The standard InChI is InChI=1S/C19H24O3/c1-4-5-6-11-19(2,3)14-9-7-13-8-10-16(20)17(18(21)22)15(13)12-14/h7-10,12,20H,4-6,11H2,1-3H3,(H,21,22). The van der Waals surface area contributed by atoms with Gasteiger partial charge in [0.25, 0.3) is 0 Å². The van der Waals surface area contributed by atoms with E-state index in [0.717, 1.165) is 23.8 Å². The molecule has 2 aromatic rings. The minimum absolute atomic E-state index is 0.00933. The summed E-state index contributed by atoms with van der Waals surface area (Å²) in [6.45, 7) is 6.56. The van der Waals surface area contributed by atoms with Gasteiger partial charge in [-0.05, 0) is 34.9 Å². The van der Waals surface area contributed by atoms with Crippen molar-refractivity contribution in [1.82, 2.24) is 0 Å². The van der Waals surface area contributed by atoms with Gasteiger partial charge < -0.3 is 10.2 Å². The van der Waals surface area contributed by atoms with Crippen molar-refractivity contribution in [2.75, 3.05) is 0 Å². The minimum Gasteiger partial charge on any atom is -0.507 e. The number of carbonyl (C=O) groups is 1. The van der Waals surface area contributed by atoms with Crippen LogP contribution in [0.25, 0.3) is 10.8 Å². The predicted molar refractivity (Wildman–Crippen MR) is 89.7 cm³/mol. The quantitative estimate of drug-likeness (QED) is 0.729. The molecule has 0 spiro atoms. The molecule has 118 valence electrons. The Bertz CT molecular complexity index is 686. The Morgan fingerprint density at radius 2 is 1.82 bits per heavy atom. The second-order valence-electron chi connectivity index (χ2n) is 6.54. The van der Waals surface area contributed by atoms with E-state index in [2.05, 4.69) is 26.8 Å². The summed E-state index contributed by atoms with van der Waals surface area (Å²) in [7, 11) is 0. The van der Waals surface area contributed by atoms with E-state index >= 15 is 0 Å². The zero-order chi connectivity index (χ0) is 16.3. The first-order chi connectivity index (χ1) is 10.4. The fraction of sp³-hybridized carbons (Fsp3) is 0.421. The van der Waals surface area contributed by atoms with Crippen LogP contribution in [0.3, 0.4) is 0 Å². The summed E-state index contributed by atoms with van der Waals surface area (Å²) in [5, 5.41) is 20.7. The SMILES string of the molecule is CCCCCC(C)(C)c1ccc2ccc(O)c(C(=O)O)c2c1. The number of benzene rings is 2. The molecule has 2 aromatic carbocycles. The molecule has 2 rings (SSSR count). The van der Waals surface area contributed by atoms with Crippen LogP contribution in [-0.4, -0.2) is 16.2 Å². The number of carboxylic acids is 1. The van der Waals surface area contributed by atoms with Crippen LogP contribution in [0.2, 0.25) is 0 Å². The van der Waals surface area contributed by atoms with Gasteiger partial charge in [0, 0.05) is 5.39 Å². The van der Waals surface area contributed by atoms with E-state index in [0.29, 0.717) is 5.39 Å². The predicted octanol–water partition coefficient (Wildman–Crippen LogP) is 5.10. The summed E-state index contributed by atoms with van der Waals surface area (Å²) >= 11 is 0. The third-order valence-corrected chi connectivity index (χ3v) is 4.40. The molecule has 0 heterocycles. The van der Waals surface area contributed by atoms with E-state index < -0.39 is 5.97 Å². The highest BCUT2D eigenvalue weighted by atomic mass is 16.4. The molecule has 0 amide bonds. The Morgan fingerprint density at radius 1 is 1.14 bits per heavy atom. The van der Waals surface area contributed by atoms with Crippen LogP contribution < -0.4 is 0 Å². The lowest BCUT2D eigenvalue weighted by Gasteiger charge is -2.26. The van der Waals surface area contributed by atoms with E-state index in [9.17, 15) is 15.0 Å². The summed E-state index contributed by atoms with van der Waals surface area (Å²) in [5.41, 5.74) is 1.10. The van der Waals surface area contributed by atoms with Crippen molar-refractivity contribution in [3.05, 3.63) is 41.5 Å². The normalized spacial score (nSPS) is 11.8. The largest absolute Gasteiger partial charge is 0.507 e. The van der Waals surface area contributed by atoms with Crippen molar-refractivity contribution < 1.29 is 15.0 Å². The van der Waals surface area contributed by atoms with Gasteiger partial charge >= 0.3 is 5.97 Å². The van der Waals surface area contributed by atoms with Gasteiger partial charge in [0.05, 0.1) is 0 Å². The Kier molecular flexibility index (Phi) is 4.74. The molecule has 0 radical (unpaired) electrons. The lowest BCUT2D eigenvalue weighted by atomic mass is 9.79. The smallest absolute Gasteiger partial charge is 0.340 e. The van der Waals surface area contributed by atoms with Crippen LogP contribution in [0.15, 0.2) is 30.3 Å². The first kappa shape index (κ1) is 16.3. The van der Waals surface area contributed by atoms with Gasteiger partial charge in [-0.3, -0.25) is 0 Å². The maximum absolute atomic E-state index is 11.4. The highest BCUT2D eigenvalue weighted by Gasteiger charge is 2.22. The second-order valence-corrected chi connectivity index (χ2v) is 6.54. The molecule has 0 aliphatic carbocycles. The van der Waals surface area contributed by atoms with Crippen molar-refractivity contribution in [1.29, 1.82) is 0 Å². The average molecular weight is 300 g/mol. The van der Waals surface area contributed by atoms with Crippen molar-refractivity contribution in [3.8, 4) is 5.75 Å². The topological polar surface area (TPSA) is 57.5 Å². The molecular formula is C19H24O3. The number of aromatic carboxylic acids is 1. The summed E-state index contributed by atoms with van der Waals surface area (Å²) in [6, 6.07) is 9.13. The molecule has 2 N–H and O–H groups in total. The van der Waals surface area contributed by atoms with Crippen molar-refractivity contribution in [2.45, 2.75) is 51.9 Å². The molecule has 0 aliphatic rings. The number of rotatable bonds is 6. The molecular weight excluding hydrogens is 276 g/mol. The summed E-state index contributed by atoms with van der Waals surface area (Å²) in [6.07, 6.45) is 4.62. The van der Waals surface area contributed by atoms with Gasteiger partial charge in [-0.25, -0.2) is 4.79 Å². The van der Waals surface area contributed by atoms with Crippen LogP contribution in [0.4, 0.5) is 0 Å². The van der Waals surface area contributed by atoms with Crippen LogP contribution in [0, 0.1) is 0 Å². The average Bonchev–Trinajstić information content (AvgIpc) is 2.46. The fourth-order valence-electron chi connectivity index (χ4n) is 2.92. The van der Waals surface area contributed by atoms with Gasteiger partial charge in [-0.15, -0.1) is 0 Å². The molecule has 0 bridgehead atoms. The number of carboxylic acid groups (broad SMARTS) is 1. The summed E-state index contributed by atoms with van der Waals surface area (Å²) in [4.78, 5) is 11.4. The molecule has 0 saturated heterocycles. The van der Waals surface area contributed by atoms with Gasteiger partial charge in [0.15, 0.2) is 0 Å². The molecule has 3 nitrogen and oxygen atoms in total. The van der Waals surface area contributed by atoms with E-state index in [1.54, 1.807) is 6.07 Å². The van der Waals surface area contributed by atoms with Crippen LogP contribution >= 0.6 is 0 Å². The highest BCUT2D eigenvalue weighted by molar-refractivity contribution is 6.06. The third kappa shape index (κ3) is 3.24. The van der Waals surface area contributed by atoms with Gasteiger partial charge in [-0.1, -0.05) is 58.2 Å². The monoisotopic (exact) mass is 300 g/mol. The fourth-order valence-corrected chi connectivity index (χ4v) is 2.92. The first-order valence-electron chi connectivity index (χ1n) is 7.86. The summed E-state index contributed by atoms with van der Waals surface area (Å²) < 4.78 is 0. The number of fused-ring (bicyclic) bond motifs is 1. The minimum atomic E-state index is -1.09. The van der Waals surface area contributed by atoms with E-state index in [1.807, 2.05) is 12.1 Å². The van der Waals surface area contributed by atoms with Crippen molar-refractivity contribution >= 4 is 16.7 Å². The van der Waals surface area contributed by atoms with Crippen LogP contribution in [-0.2, 0) is 5.41 Å². The Morgan fingerprint density at radius 3 is 2.45 bits per heavy atom. The van der Waals surface area contributed by atoms with E-state index in [1.165, 1.54) is 18.9 Å². The lowest BCUT2D eigenvalue weighted by molar-refractivity contribution is 0.0696. The number of hydrogen-bond acceptors (Lipinski definition) is 2. The number of hydrogen-bond donors (Lipinski definition) is 2. The summed E-state index contributed by atoms with van der Waals surface area (Å²) in [5.74, 6) is -1.27. The molecule has 0 atom stereocenters. The van der Waals surface area contributed by atoms with Crippen LogP contribution in [0.1, 0.15) is 62.4 Å². The number of unbranched alkanes of at least 4 members (excludes halogenated alkanes) is 2. The van der Waals surface area contributed by atoms with Gasteiger partial charge in [0.1, 0.15) is 11.3 Å². The number of phenols is 1. The molecule has 3 heteroatoms. The molecule has 0 aliphatic heterocycles. The maximum Gasteiger partial charge on any atom is 0.340 e. The maximum atomic E-state index is 11.4. The Hall–Kier alpha value is -2.03. The Balaban J connectivity index is 2.49. The van der Waals surface area contributed by atoms with Gasteiger partial charge in [-0.2, -0.15) is 0 Å². The van der Waals surface area contributed by atoms with Gasteiger partial charge in [0.2, 0.25) is 0 Å². The zero-order valence-electron chi connectivity index (χ0n) is 13.5. The Labute approximate surface area is 131 Å². The van der Waals surface area contributed by atoms with E-state index in [-0.39, 0.29) is 16.7 Å². The van der Waals surface area contributed by atoms with E-state index in [4.69, 9.17) is 0 Å². The second kappa shape index (κ2) is 6.39.